The van der Waals surface area contributed by atoms with Crippen LogP contribution >= 0.6 is 0 Å². The molecule has 0 radical (unpaired) electrons. The van der Waals surface area contributed by atoms with Gasteiger partial charge >= 0.3 is 5.97 Å². The van der Waals surface area contributed by atoms with Gasteiger partial charge in [0.15, 0.2) is 0 Å². The molecule has 16 heavy (non-hydrogen) atoms. The number of methoxy groups -OCH3 is 1. The standard InChI is InChI=1S/C12H21NO3/c1-5-8(2)11(14)13-6-9(3)10(7-13)12(15)16-4/h8-10H,5-7H2,1-4H3. The van der Waals surface area contributed by atoms with Crippen molar-refractivity contribution in [2.75, 3.05) is 20.2 Å². The minimum atomic E-state index is -0.202. The van der Waals surface area contributed by atoms with Gasteiger partial charge in [0, 0.05) is 19.0 Å². The number of likely N-dealkylation sites (tertiary alicyclic amines) is 1. The number of amides is 1. The average molecular weight is 227 g/mol. The molecule has 0 saturated carbocycles. The Kier molecular flexibility index (Phi) is 4.33. The molecular weight excluding hydrogens is 206 g/mol. The first-order chi connectivity index (χ1) is 7.51. The third-order valence-corrected chi connectivity index (χ3v) is 3.46. The van der Waals surface area contributed by atoms with E-state index >= 15 is 0 Å². The van der Waals surface area contributed by atoms with Crippen LogP contribution in [0.3, 0.4) is 0 Å². The Labute approximate surface area is 96.9 Å². The summed E-state index contributed by atoms with van der Waals surface area (Å²) < 4.78 is 4.74. The van der Waals surface area contributed by atoms with Gasteiger partial charge in [0.05, 0.1) is 13.0 Å². The number of rotatable bonds is 3. The van der Waals surface area contributed by atoms with E-state index in [0.29, 0.717) is 13.1 Å². The van der Waals surface area contributed by atoms with Crippen LogP contribution in [-0.4, -0.2) is 37.0 Å². The molecule has 1 heterocycles. The van der Waals surface area contributed by atoms with Crippen LogP contribution in [0, 0.1) is 17.8 Å². The van der Waals surface area contributed by atoms with Crippen LogP contribution in [0.15, 0.2) is 0 Å². The second-order valence-corrected chi connectivity index (χ2v) is 4.66. The predicted octanol–water partition coefficient (Wildman–Crippen LogP) is 1.30. The highest BCUT2D eigenvalue weighted by molar-refractivity contribution is 5.81. The minimum absolute atomic E-state index is 0.0450. The molecule has 4 heteroatoms. The van der Waals surface area contributed by atoms with Gasteiger partial charge in [-0.3, -0.25) is 9.59 Å². The topological polar surface area (TPSA) is 46.6 Å². The monoisotopic (exact) mass is 227 g/mol. The summed E-state index contributed by atoms with van der Waals surface area (Å²) in [4.78, 5) is 25.2. The lowest BCUT2D eigenvalue weighted by Gasteiger charge is -2.19. The van der Waals surface area contributed by atoms with Crippen LogP contribution in [0.5, 0.6) is 0 Å². The van der Waals surface area contributed by atoms with E-state index in [0.717, 1.165) is 6.42 Å². The molecule has 3 atom stereocenters. The van der Waals surface area contributed by atoms with Crippen LogP contribution in [0.1, 0.15) is 27.2 Å². The Morgan fingerprint density at radius 3 is 2.56 bits per heavy atom. The van der Waals surface area contributed by atoms with E-state index in [9.17, 15) is 9.59 Å². The molecular formula is C12H21NO3. The highest BCUT2D eigenvalue weighted by atomic mass is 16.5. The third-order valence-electron chi connectivity index (χ3n) is 3.46. The third kappa shape index (κ3) is 2.54. The zero-order valence-corrected chi connectivity index (χ0v) is 10.5. The van der Waals surface area contributed by atoms with E-state index in [-0.39, 0.29) is 29.6 Å². The lowest BCUT2D eigenvalue weighted by atomic mass is 9.99. The number of hydrogen-bond donors (Lipinski definition) is 0. The van der Waals surface area contributed by atoms with Crippen molar-refractivity contribution in [2.45, 2.75) is 27.2 Å². The van der Waals surface area contributed by atoms with Gasteiger partial charge in [0.1, 0.15) is 0 Å². The fraction of sp³-hybridized carbons (Fsp3) is 0.833. The van der Waals surface area contributed by atoms with Crippen molar-refractivity contribution in [3.05, 3.63) is 0 Å². The SMILES string of the molecule is CCC(C)C(=O)N1CC(C)C(C(=O)OC)C1. The molecule has 0 N–H and O–H groups in total. The first-order valence-electron chi connectivity index (χ1n) is 5.87. The van der Waals surface area contributed by atoms with Crippen LogP contribution in [-0.2, 0) is 14.3 Å². The van der Waals surface area contributed by atoms with Crippen molar-refractivity contribution >= 4 is 11.9 Å². The fourth-order valence-electron chi connectivity index (χ4n) is 2.09. The molecule has 0 aromatic heterocycles. The highest BCUT2D eigenvalue weighted by Gasteiger charge is 2.38. The molecule has 1 fully saturated rings. The zero-order valence-electron chi connectivity index (χ0n) is 10.5. The lowest BCUT2D eigenvalue weighted by molar-refractivity contribution is -0.146. The first-order valence-corrected chi connectivity index (χ1v) is 5.87. The quantitative estimate of drug-likeness (QED) is 0.683. The predicted molar refractivity (Wildman–Crippen MR) is 60.7 cm³/mol. The molecule has 0 aromatic carbocycles. The number of carbonyl (C=O) groups is 2. The molecule has 0 aromatic rings. The molecule has 1 aliphatic heterocycles. The van der Waals surface area contributed by atoms with E-state index in [1.807, 2.05) is 20.8 Å². The summed E-state index contributed by atoms with van der Waals surface area (Å²) >= 11 is 0. The summed E-state index contributed by atoms with van der Waals surface area (Å²) in [7, 11) is 1.40. The molecule has 92 valence electrons. The Morgan fingerprint density at radius 1 is 1.44 bits per heavy atom. The first kappa shape index (κ1) is 13.0. The molecule has 1 saturated heterocycles. The number of ether oxygens (including phenoxy) is 1. The lowest BCUT2D eigenvalue weighted by Crippen LogP contribution is -2.34. The van der Waals surface area contributed by atoms with Gasteiger partial charge in [0.25, 0.3) is 0 Å². The summed E-state index contributed by atoms with van der Waals surface area (Å²) in [5, 5.41) is 0. The molecule has 1 rings (SSSR count). The minimum Gasteiger partial charge on any atom is -0.469 e. The Hall–Kier alpha value is -1.06. The van der Waals surface area contributed by atoms with Gasteiger partial charge < -0.3 is 9.64 Å². The number of esters is 1. The smallest absolute Gasteiger partial charge is 0.310 e. The van der Waals surface area contributed by atoms with Crippen LogP contribution in [0.2, 0.25) is 0 Å². The van der Waals surface area contributed by atoms with Gasteiger partial charge in [-0.25, -0.2) is 0 Å². The summed E-state index contributed by atoms with van der Waals surface area (Å²) in [6.07, 6.45) is 0.840. The van der Waals surface area contributed by atoms with Crippen molar-refractivity contribution in [3.63, 3.8) is 0 Å². The normalized spacial score (nSPS) is 26.6. The van der Waals surface area contributed by atoms with Gasteiger partial charge in [-0.1, -0.05) is 20.8 Å². The Balaban J connectivity index is 2.62. The average Bonchev–Trinajstić information content (AvgIpc) is 2.68. The number of carbonyl (C=O) groups excluding carboxylic acids is 2. The maximum Gasteiger partial charge on any atom is 0.310 e. The molecule has 4 nitrogen and oxygen atoms in total. The van der Waals surface area contributed by atoms with Gasteiger partial charge in [-0.05, 0) is 12.3 Å². The van der Waals surface area contributed by atoms with Crippen molar-refractivity contribution in [1.82, 2.24) is 4.90 Å². The second kappa shape index (κ2) is 5.32. The van der Waals surface area contributed by atoms with Crippen molar-refractivity contribution in [1.29, 1.82) is 0 Å². The van der Waals surface area contributed by atoms with Crippen LogP contribution in [0.4, 0.5) is 0 Å². The van der Waals surface area contributed by atoms with Gasteiger partial charge in [-0.2, -0.15) is 0 Å². The Bertz CT molecular complexity index is 277. The van der Waals surface area contributed by atoms with E-state index in [4.69, 9.17) is 4.74 Å². The maximum absolute atomic E-state index is 12.0. The number of hydrogen-bond acceptors (Lipinski definition) is 3. The summed E-state index contributed by atoms with van der Waals surface area (Å²) in [6.45, 7) is 7.10. The summed E-state index contributed by atoms with van der Waals surface area (Å²) in [5.74, 6) is 0.0368. The van der Waals surface area contributed by atoms with E-state index < -0.39 is 0 Å². The van der Waals surface area contributed by atoms with Crippen molar-refractivity contribution in [2.24, 2.45) is 17.8 Å². The molecule has 3 unspecified atom stereocenters. The van der Waals surface area contributed by atoms with E-state index in [1.54, 1.807) is 4.90 Å². The van der Waals surface area contributed by atoms with Gasteiger partial charge in [0.2, 0.25) is 5.91 Å². The van der Waals surface area contributed by atoms with Crippen molar-refractivity contribution in [3.8, 4) is 0 Å². The van der Waals surface area contributed by atoms with Crippen LogP contribution < -0.4 is 0 Å². The van der Waals surface area contributed by atoms with Crippen LogP contribution in [0.25, 0.3) is 0 Å². The van der Waals surface area contributed by atoms with E-state index in [2.05, 4.69) is 0 Å². The molecule has 1 aliphatic rings. The summed E-state index contributed by atoms with van der Waals surface area (Å²) in [6, 6.07) is 0. The second-order valence-electron chi connectivity index (χ2n) is 4.66. The fourth-order valence-corrected chi connectivity index (χ4v) is 2.09. The molecule has 0 aliphatic carbocycles. The molecule has 0 bridgehead atoms. The van der Waals surface area contributed by atoms with Crippen molar-refractivity contribution < 1.29 is 14.3 Å². The molecule has 0 spiro atoms. The van der Waals surface area contributed by atoms with E-state index in [1.165, 1.54) is 7.11 Å². The number of nitrogens with zero attached hydrogens (tertiary/aromatic N) is 1. The van der Waals surface area contributed by atoms with Gasteiger partial charge in [-0.15, -0.1) is 0 Å². The largest absolute Gasteiger partial charge is 0.469 e. The Morgan fingerprint density at radius 2 is 2.06 bits per heavy atom. The summed E-state index contributed by atoms with van der Waals surface area (Å²) in [5.41, 5.74) is 0. The highest BCUT2D eigenvalue weighted by Crippen LogP contribution is 2.25. The molecule has 1 amide bonds. The maximum atomic E-state index is 12.0. The zero-order chi connectivity index (χ0) is 12.3.